The Morgan fingerprint density at radius 1 is 1.05 bits per heavy atom. The summed E-state index contributed by atoms with van der Waals surface area (Å²) in [7, 11) is 0. The molecule has 4 rings (SSSR count). The zero-order chi connectivity index (χ0) is 14.0. The highest BCUT2D eigenvalue weighted by Gasteiger charge is 2.60. The zero-order valence-electron chi connectivity index (χ0n) is 13.2. The normalized spacial score (nSPS) is 54.6. The molecule has 0 bridgehead atoms. The second-order valence-corrected chi connectivity index (χ2v) is 8.56. The first-order valence-corrected chi connectivity index (χ1v) is 8.94. The van der Waals surface area contributed by atoms with Crippen LogP contribution in [0.25, 0.3) is 0 Å². The van der Waals surface area contributed by atoms with Crippen molar-refractivity contribution in [2.75, 3.05) is 0 Å². The molecule has 0 saturated heterocycles. The minimum atomic E-state index is -0.411. The highest BCUT2D eigenvalue weighted by Crippen LogP contribution is 2.64. The second-order valence-electron chi connectivity index (χ2n) is 8.56. The average molecular weight is 274 g/mol. The van der Waals surface area contributed by atoms with Crippen molar-refractivity contribution in [1.82, 2.24) is 0 Å². The summed E-state index contributed by atoms with van der Waals surface area (Å²) in [5, 5.41) is 10.9. The van der Waals surface area contributed by atoms with Gasteiger partial charge in [0.25, 0.3) is 0 Å². The summed E-state index contributed by atoms with van der Waals surface area (Å²) in [5.41, 5.74) is 1.60. The van der Waals surface area contributed by atoms with Crippen molar-refractivity contribution in [3.05, 3.63) is 11.6 Å². The first-order chi connectivity index (χ1) is 9.53. The Morgan fingerprint density at radius 3 is 2.75 bits per heavy atom. The maximum absolute atomic E-state index is 10.9. The van der Waals surface area contributed by atoms with E-state index in [0.29, 0.717) is 0 Å². The minimum Gasteiger partial charge on any atom is -0.390 e. The fraction of sp³-hybridized carbons (Fsp3) is 0.895. The van der Waals surface area contributed by atoms with E-state index in [0.717, 1.165) is 30.1 Å². The Hall–Kier alpha value is -0.300. The van der Waals surface area contributed by atoms with Crippen molar-refractivity contribution in [2.45, 2.75) is 77.2 Å². The Kier molecular flexibility index (Phi) is 2.91. The molecule has 0 aromatic rings. The van der Waals surface area contributed by atoms with Crippen molar-refractivity contribution in [2.24, 2.45) is 29.1 Å². The molecule has 6 atom stereocenters. The van der Waals surface area contributed by atoms with Crippen molar-refractivity contribution in [3.8, 4) is 0 Å². The van der Waals surface area contributed by atoms with Gasteiger partial charge in [-0.15, -0.1) is 0 Å². The maximum atomic E-state index is 10.9. The largest absolute Gasteiger partial charge is 0.390 e. The highest BCUT2D eigenvalue weighted by molar-refractivity contribution is 5.19. The monoisotopic (exact) mass is 274 g/mol. The van der Waals surface area contributed by atoms with Crippen LogP contribution in [0.15, 0.2) is 11.6 Å². The molecule has 3 fully saturated rings. The van der Waals surface area contributed by atoms with Crippen LogP contribution in [-0.4, -0.2) is 10.7 Å². The van der Waals surface area contributed by atoms with Crippen LogP contribution in [-0.2, 0) is 0 Å². The van der Waals surface area contributed by atoms with Gasteiger partial charge in [-0.25, -0.2) is 0 Å². The summed E-state index contributed by atoms with van der Waals surface area (Å²) >= 11 is 0. The molecule has 1 nitrogen and oxygen atoms in total. The van der Waals surface area contributed by atoms with E-state index in [1.54, 1.807) is 0 Å². The van der Waals surface area contributed by atoms with Gasteiger partial charge in [-0.2, -0.15) is 0 Å². The Balaban J connectivity index is 1.65. The van der Waals surface area contributed by atoms with Crippen molar-refractivity contribution in [3.63, 3.8) is 0 Å². The van der Waals surface area contributed by atoms with Crippen LogP contribution in [0.1, 0.15) is 71.6 Å². The molecule has 20 heavy (non-hydrogen) atoms. The van der Waals surface area contributed by atoms with Gasteiger partial charge >= 0.3 is 0 Å². The van der Waals surface area contributed by atoms with E-state index in [-0.39, 0.29) is 5.41 Å². The summed E-state index contributed by atoms with van der Waals surface area (Å²) in [4.78, 5) is 0. The molecule has 0 radical (unpaired) electrons. The van der Waals surface area contributed by atoms with E-state index in [9.17, 15) is 5.11 Å². The summed E-state index contributed by atoms with van der Waals surface area (Å²) in [6, 6.07) is 0. The first kappa shape index (κ1) is 13.4. The highest BCUT2D eigenvalue weighted by atomic mass is 16.3. The van der Waals surface area contributed by atoms with Gasteiger partial charge in [0.2, 0.25) is 0 Å². The van der Waals surface area contributed by atoms with Crippen LogP contribution in [0.5, 0.6) is 0 Å². The summed E-state index contributed by atoms with van der Waals surface area (Å²) in [5.74, 6) is 3.56. The van der Waals surface area contributed by atoms with Crippen molar-refractivity contribution < 1.29 is 5.11 Å². The van der Waals surface area contributed by atoms with Gasteiger partial charge in [0.05, 0.1) is 5.60 Å². The van der Waals surface area contributed by atoms with Crippen LogP contribution in [0.2, 0.25) is 0 Å². The van der Waals surface area contributed by atoms with Gasteiger partial charge in [-0.1, -0.05) is 18.6 Å². The predicted molar refractivity (Wildman–Crippen MR) is 82.3 cm³/mol. The first-order valence-electron chi connectivity index (χ1n) is 8.94. The molecule has 1 heteroatoms. The molecule has 0 aromatic heterocycles. The SMILES string of the molecule is C[C@]1(O)CC[C@@H]2[C@@H]3CCC4=CCCC[C@@H]4[C@H]3CC[C@]21C. The number of aliphatic hydroxyl groups is 1. The quantitative estimate of drug-likeness (QED) is 0.635. The van der Waals surface area contributed by atoms with Crippen LogP contribution in [0, 0.1) is 29.1 Å². The van der Waals surface area contributed by atoms with Crippen LogP contribution < -0.4 is 0 Å². The van der Waals surface area contributed by atoms with E-state index >= 15 is 0 Å². The van der Waals surface area contributed by atoms with Gasteiger partial charge < -0.3 is 5.11 Å². The number of fused-ring (bicyclic) bond motifs is 5. The molecule has 0 heterocycles. The van der Waals surface area contributed by atoms with E-state index in [4.69, 9.17) is 0 Å². The van der Waals surface area contributed by atoms with Gasteiger partial charge in [0.15, 0.2) is 0 Å². The third-order valence-electron chi connectivity index (χ3n) is 7.94. The standard InChI is InChI=1S/C19H30O/c1-18-11-9-15-14-6-4-3-5-13(14)7-8-16(15)17(18)10-12-19(18,2)20/h5,14-17,20H,3-4,6-12H2,1-2H3/t14-,15+,16+,17+,18+,19-/m0/s1. The molecule has 0 amide bonds. The van der Waals surface area contributed by atoms with Crippen molar-refractivity contribution in [1.29, 1.82) is 0 Å². The lowest BCUT2D eigenvalue weighted by Crippen LogP contribution is -2.51. The van der Waals surface area contributed by atoms with Gasteiger partial charge in [0, 0.05) is 0 Å². The molecule has 0 aromatic carbocycles. The maximum Gasteiger partial charge on any atom is 0.0675 e. The third-order valence-corrected chi connectivity index (χ3v) is 7.94. The third kappa shape index (κ3) is 1.65. The minimum absolute atomic E-state index is 0.198. The van der Waals surface area contributed by atoms with E-state index in [1.807, 2.05) is 5.57 Å². The van der Waals surface area contributed by atoms with Gasteiger partial charge in [-0.3, -0.25) is 0 Å². The number of rotatable bonds is 0. The zero-order valence-corrected chi connectivity index (χ0v) is 13.2. The molecule has 112 valence electrons. The summed E-state index contributed by atoms with van der Waals surface area (Å²) in [6.45, 7) is 4.51. The lowest BCUT2D eigenvalue weighted by molar-refractivity contribution is -0.107. The Labute approximate surface area is 123 Å². The van der Waals surface area contributed by atoms with Crippen molar-refractivity contribution >= 4 is 0 Å². The van der Waals surface area contributed by atoms with E-state index in [2.05, 4.69) is 19.9 Å². The lowest BCUT2D eigenvalue weighted by atomic mass is 9.51. The molecule has 0 unspecified atom stereocenters. The van der Waals surface area contributed by atoms with Gasteiger partial charge in [-0.05, 0) is 93.8 Å². The Morgan fingerprint density at radius 2 is 1.90 bits per heavy atom. The van der Waals surface area contributed by atoms with Crippen LogP contribution in [0.4, 0.5) is 0 Å². The lowest BCUT2D eigenvalue weighted by Gasteiger charge is -2.55. The van der Waals surface area contributed by atoms with Crippen LogP contribution >= 0.6 is 0 Å². The molecule has 0 spiro atoms. The van der Waals surface area contributed by atoms with E-state index in [1.165, 1.54) is 51.4 Å². The average Bonchev–Trinajstić information content (AvgIpc) is 2.69. The molecule has 0 aliphatic heterocycles. The second kappa shape index (κ2) is 4.35. The summed E-state index contributed by atoms with van der Waals surface area (Å²) in [6.07, 6.45) is 14.5. The number of hydrogen-bond donors (Lipinski definition) is 1. The fourth-order valence-electron chi connectivity index (χ4n) is 6.55. The van der Waals surface area contributed by atoms with Crippen LogP contribution in [0.3, 0.4) is 0 Å². The molecular formula is C19H30O. The van der Waals surface area contributed by atoms with E-state index < -0.39 is 5.60 Å². The molecular weight excluding hydrogens is 244 g/mol. The summed E-state index contributed by atoms with van der Waals surface area (Å²) < 4.78 is 0. The number of hydrogen-bond acceptors (Lipinski definition) is 1. The topological polar surface area (TPSA) is 20.2 Å². The van der Waals surface area contributed by atoms with Gasteiger partial charge in [0.1, 0.15) is 0 Å². The predicted octanol–water partition coefficient (Wildman–Crippen LogP) is 4.70. The number of allylic oxidation sites excluding steroid dienone is 2. The molecule has 1 N–H and O–H groups in total. The smallest absolute Gasteiger partial charge is 0.0675 e. The fourth-order valence-corrected chi connectivity index (χ4v) is 6.55. The molecule has 4 aliphatic rings. The Bertz CT molecular complexity index is 435. The molecule has 4 aliphatic carbocycles. The molecule has 3 saturated carbocycles.